The van der Waals surface area contributed by atoms with Crippen molar-refractivity contribution in [1.29, 1.82) is 0 Å². The zero-order valence-electron chi connectivity index (χ0n) is 18.2. The van der Waals surface area contributed by atoms with Crippen LogP contribution in [-0.2, 0) is 0 Å². The van der Waals surface area contributed by atoms with Crippen LogP contribution in [0.3, 0.4) is 0 Å². The molecule has 0 aliphatic carbocycles. The molecule has 2 aliphatic rings. The van der Waals surface area contributed by atoms with Crippen molar-refractivity contribution in [3.63, 3.8) is 0 Å². The fraction of sp³-hybridized carbons (Fsp3) is 0.480. The second kappa shape index (κ2) is 8.31. The van der Waals surface area contributed by atoms with E-state index >= 15 is 0 Å². The molecule has 2 aliphatic heterocycles. The maximum absolute atomic E-state index is 12.5. The number of carbonyl (C=O) groups is 1. The van der Waals surface area contributed by atoms with Crippen molar-refractivity contribution in [3.8, 4) is 5.75 Å². The maximum atomic E-state index is 12.5. The lowest BCUT2D eigenvalue weighted by Crippen LogP contribution is -2.49. The SMILES string of the molecule is CC(C)(C)CN1C2CCC1CC(Oc1ccc(C(=O)Nc3ccccc3N)cc1)C2. The van der Waals surface area contributed by atoms with Gasteiger partial charge in [0.05, 0.1) is 11.4 Å². The van der Waals surface area contributed by atoms with Crippen LogP contribution in [0.25, 0.3) is 0 Å². The second-order valence-corrected chi connectivity index (χ2v) is 9.90. The predicted octanol–water partition coefficient (Wildman–Crippen LogP) is 4.94. The number of piperidine rings is 1. The minimum Gasteiger partial charge on any atom is -0.490 e. The lowest BCUT2D eigenvalue weighted by Gasteiger charge is -2.41. The lowest BCUT2D eigenvalue weighted by molar-refractivity contribution is 0.0299. The summed E-state index contributed by atoms with van der Waals surface area (Å²) in [6.45, 7) is 8.11. The zero-order valence-corrected chi connectivity index (χ0v) is 18.2. The maximum Gasteiger partial charge on any atom is 0.255 e. The molecule has 0 saturated carbocycles. The molecular formula is C25H33N3O2. The normalized spacial score (nSPS) is 23.9. The molecule has 2 heterocycles. The zero-order chi connectivity index (χ0) is 21.3. The molecule has 5 nitrogen and oxygen atoms in total. The van der Waals surface area contributed by atoms with Gasteiger partial charge in [-0.25, -0.2) is 0 Å². The Morgan fingerprint density at radius 3 is 2.30 bits per heavy atom. The summed E-state index contributed by atoms with van der Waals surface area (Å²) >= 11 is 0. The van der Waals surface area contributed by atoms with Crippen LogP contribution in [0.15, 0.2) is 48.5 Å². The van der Waals surface area contributed by atoms with E-state index in [1.54, 1.807) is 12.1 Å². The molecule has 2 fully saturated rings. The van der Waals surface area contributed by atoms with E-state index in [1.165, 1.54) is 12.8 Å². The number of para-hydroxylation sites is 2. The number of amides is 1. The molecule has 1 amide bonds. The van der Waals surface area contributed by atoms with E-state index in [2.05, 4.69) is 31.0 Å². The van der Waals surface area contributed by atoms with E-state index < -0.39 is 0 Å². The van der Waals surface area contributed by atoms with E-state index in [1.807, 2.05) is 36.4 Å². The average Bonchev–Trinajstić information content (AvgIpc) is 2.91. The van der Waals surface area contributed by atoms with Gasteiger partial charge in [0, 0.05) is 24.2 Å². The van der Waals surface area contributed by atoms with Crippen LogP contribution in [0.1, 0.15) is 56.8 Å². The number of carbonyl (C=O) groups excluding carboxylic acids is 1. The molecule has 0 spiro atoms. The molecule has 2 saturated heterocycles. The molecule has 2 atom stereocenters. The molecule has 160 valence electrons. The minimum absolute atomic E-state index is 0.173. The third-order valence-electron chi connectivity index (χ3n) is 6.13. The van der Waals surface area contributed by atoms with Crippen LogP contribution < -0.4 is 15.8 Å². The minimum atomic E-state index is -0.173. The van der Waals surface area contributed by atoms with Gasteiger partial charge >= 0.3 is 0 Å². The molecule has 4 rings (SSSR count). The van der Waals surface area contributed by atoms with E-state index in [9.17, 15) is 4.79 Å². The third-order valence-corrected chi connectivity index (χ3v) is 6.13. The fourth-order valence-electron chi connectivity index (χ4n) is 4.81. The van der Waals surface area contributed by atoms with Gasteiger partial charge in [0.15, 0.2) is 0 Å². The smallest absolute Gasteiger partial charge is 0.255 e. The van der Waals surface area contributed by atoms with Crippen LogP contribution >= 0.6 is 0 Å². The van der Waals surface area contributed by atoms with Crippen molar-refractivity contribution < 1.29 is 9.53 Å². The molecule has 0 aromatic heterocycles. The van der Waals surface area contributed by atoms with Gasteiger partial charge in [0.25, 0.3) is 5.91 Å². The second-order valence-electron chi connectivity index (χ2n) is 9.90. The first-order valence-electron chi connectivity index (χ1n) is 11.0. The number of rotatable bonds is 5. The molecule has 5 heteroatoms. The van der Waals surface area contributed by atoms with Gasteiger partial charge in [-0.15, -0.1) is 0 Å². The van der Waals surface area contributed by atoms with Crippen LogP contribution in [0.2, 0.25) is 0 Å². The summed E-state index contributed by atoms with van der Waals surface area (Å²) < 4.78 is 6.31. The summed E-state index contributed by atoms with van der Waals surface area (Å²) in [5.74, 6) is 0.660. The number of ether oxygens (including phenoxy) is 1. The number of nitrogen functional groups attached to an aromatic ring is 1. The number of nitrogens with two attached hydrogens (primary N) is 1. The predicted molar refractivity (Wildman–Crippen MR) is 122 cm³/mol. The molecule has 2 aromatic rings. The first-order chi connectivity index (χ1) is 14.3. The number of nitrogens with zero attached hydrogens (tertiary/aromatic N) is 1. The van der Waals surface area contributed by atoms with Gasteiger partial charge in [-0.05, 0) is 67.5 Å². The van der Waals surface area contributed by atoms with Crippen LogP contribution in [0.4, 0.5) is 11.4 Å². The van der Waals surface area contributed by atoms with Crippen molar-refractivity contribution in [2.75, 3.05) is 17.6 Å². The Morgan fingerprint density at radius 1 is 1.07 bits per heavy atom. The number of hydrogen-bond donors (Lipinski definition) is 2. The number of benzene rings is 2. The Bertz CT molecular complexity index is 874. The highest BCUT2D eigenvalue weighted by Crippen LogP contribution is 2.39. The van der Waals surface area contributed by atoms with Gasteiger partial charge in [0.1, 0.15) is 11.9 Å². The third kappa shape index (κ3) is 4.78. The quantitative estimate of drug-likeness (QED) is 0.689. The lowest BCUT2D eigenvalue weighted by atomic mass is 9.91. The van der Waals surface area contributed by atoms with E-state index in [-0.39, 0.29) is 12.0 Å². The van der Waals surface area contributed by atoms with Gasteiger partial charge in [-0.3, -0.25) is 9.69 Å². The van der Waals surface area contributed by atoms with Crippen molar-refractivity contribution in [3.05, 3.63) is 54.1 Å². The fourth-order valence-corrected chi connectivity index (χ4v) is 4.81. The van der Waals surface area contributed by atoms with E-state index in [0.29, 0.717) is 34.4 Å². The van der Waals surface area contributed by atoms with E-state index in [0.717, 1.165) is 25.1 Å². The topological polar surface area (TPSA) is 67.6 Å². The number of hydrogen-bond acceptors (Lipinski definition) is 4. The summed E-state index contributed by atoms with van der Waals surface area (Å²) in [7, 11) is 0. The Balaban J connectivity index is 1.34. The summed E-state index contributed by atoms with van der Waals surface area (Å²) in [5.41, 5.74) is 8.00. The van der Waals surface area contributed by atoms with Crippen LogP contribution in [-0.4, -0.2) is 35.5 Å². The van der Waals surface area contributed by atoms with Crippen molar-refractivity contribution in [2.24, 2.45) is 5.41 Å². The van der Waals surface area contributed by atoms with Gasteiger partial charge in [0.2, 0.25) is 0 Å². The number of fused-ring (bicyclic) bond motifs is 2. The largest absolute Gasteiger partial charge is 0.490 e. The molecule has 3 N–H and O–H groups in total. The van der Waals surface area contributed by atoms with Crippen LogP contribution in [0.5, 0.6) is 5.75 Å². The Hall–Kier alpha value is -2.53. The summed E-state index contributed by atoms with van der Waals surface area (Å²) in [6.07, 6.45) is 4.98. The Morgan fingerprint density at radius 2 is 1.70 bits per heavy atom. The highest BCUT2D eigenvalue weighted by molar-refractivity contribution is 6.05. The molecule has 0 radical (unpaired) electrons. The van der Waals surface area contributed by atoms with E-state index in [4.69, 9.17) is 10.5 Å². The Labute approximate surface area is 179 Å². The summed E-state index contributed by atoms with van der Waals surface area (Å²) in [5, 5.41) is 2.86. The van der Waals surface area contributed by atoms with Gasteiger partial charge in [-0.1, -0.05) is 32.9 Å². The summed E-state index contributed by atoms with van der Waals surface area (Å²) in [6, 6.07) is 15.9. The number of anilines is 2. The van der Waals surface area contributed by atoms with Gasteiger partial charge in [-0.2, -0.15) is 0 Å². The van der Waals surface area contributed by atoms with Crippen molar-refractivity contribution in [2.45, 2.75) is 64.6 Å². The molecule has 2 bridgehead atoms. The first kappa shape index (κ1) is 20.7. The first-order valence-corrected chi connectivity index (χ1v) is 11.0. The highest BCUT2D eigenvalue weighted by Gasteiger charge is 2.42. The summed E-state index contributed by atoms with van der Waals surface area (Å²) in [4.78, 5) is 15.2. The van der Waals surface area contributed by atoms with Gasteiger partial charge < -0.3 is 15.8 Å². The van der Waals surface area contributed by atoms with Crippen molar-refractivity contribution >= 4 is 17.3 Å². The molecule has 30 heavy (non-hydrogen) atoms. The molecule has 2 aromatic carbocycles. The highest BCUT2D eigenvalue weighted by atomic mass is 16.5. The molecule has 2 unspecified atom stereocenters. The standard InChI is InChI=1S/C25H33N3O2/c1-25(2,3)16-28-18-10-11-19(28)15-21(14-18)30-20-12-8-17(9-13-20)24(29)27-23-7-5-4-6-22(23)26/h4-9,12-13,18-19,21H,10-11,14-16,26H2,1-3H3,(H,27,29). The van der Waals surface area contributed by atoms with Crippen LogP contribution in [0, 0.1) is 5.41 Å². The van der Waals surface area contributed by atoms with Crippen molar-refractivity contribution in [1.82, 2.24) is 4.90 Å². The average molecular weight is 408 g/mol. The Kier molecular flexibility index (Phi) is 5.74. The molecular weight excluding hydrogens is 374 g/mol. The number of nitrogens with one attached hydrogen (secondary N) is 1. The monoisotopic (exact) mass is 407 g/mol.